The fourth-order valence-electron chi connectivity index (χ4n) is 3.35. The first kappa shape index (κ1) is 23.0. The average Bonchev–Trinajstić information content (AvgIpc) is 2.71. The van der Waals surface area contributed by atoms with E-state index in [0.717, 1.165) is 11.1 Å². The van der Waals surface area contributed by atoms with E-state index in [-0.39, 0.29) is 5.91 Å². The second-order valence-electron chi connectivity index (χ2n) is 7.48. The lowest BCUT2D eigenvalue weighted by molar-refractivity contribution is -0.121. The number of piperazine rings is 1. The summed E-state index contributed by atoms with van der Waals surface area (Å²) in [7, 11) is -3.55. The average molecular weight is 470 g/mol. The van der Waals surface area contributed by atoms with Gasteiger partial charge in [0.25, 0.3) is 0 Å². The molecule has 1 N–H and O–H groups in total. The van der Waals surface area contributed by atoms with Gasteiger partial charge in [0.2, 0.25) is 15.9 Å². The van der Waals surface area contributed by atoms with Crippen molar-refractivity contribution in [3.63, 3.8) is 0 Å². The summed E-state index contributed by atoms with van der Waals surface area (Å²) in [5, 5.41) is 3.67. The highest BCUT2D eigenvalue weighted by Crippen LogP contribution is 2.26. The highest BCUT2D eigenvalue weighted by molar-refractivity contribution is 7.89. The van der Waals surface area contributed by atoms with Crippen molar-refractivity contribution in [2.75, 3.05) is 31.5 Å². The molecule has 1 saturated heterocycles. The molecule has 162 valence electrons. The van der Waals surface area contributed by atoms with Crippen molar-refractivity contribution in [1.82, 2.24) is 9.21 Å². The number of carbonyl (C=O) groups is 1. The van der Waals surface area contributed by atoms with Gasteiger partial charge in [0, 0.05) is 31.2 Å². The summed E-state index contributed by atoms with van der Waals surface area (Å²) in [6.07, 6.45) is 0. The summed E-state index contributed by atoms with van der Waals surface area (Å²) in [5.41, 5.74) is 2.49. The molecular formula is C21H25Cl2N3O3S. The van der Waals surface area contributed by atoms with Crippen LogP contribution in [-0.4, -0.2) is 55.8 Å². The molecule has 6 nitrogen and oxygen atoms in total. The van der Waals surface area contributed by atoms with Crippen LogP contribution in [-0.2, 0) is 14.8 Å². The number of sulfonamides is 1. The number of benzene rings is 2. The minimum absolute atomic E-state index is 0.204. The highest BCUT2D eigenvalue weighted by Gasteiger charge is 2.32. The van der Waals surface area contributed by atoms with Gasteiger partial charge in [-0.3, -0.25) is 9.69 Å². The Labute approximate surface area is 187 Å². The molecule has 1 aliphatic rings. The lowest BCUT2D eigenvalue weighted by Crippen LogP contribution is -2.53. The van der Waals surface area contributed by atoms with Crippen LogP contribution in [0.5, 0.6) is 0 Å². The smallest absolute Gasteiger partial charge is 0.243 e. The third-order valence-electron chi connectivity index (χ3n) is 5.51. The quantitative estimate of drug-likeness (QED) is 0.719. The Balaban J connectivity index is 1.62. The molecule has 2 aromatic carbocycles. The molecule has 0 aromatic heterocycles. The Hall–Kier alpha value is -1.64. The Bertz CT molecular complexity index is 1050. The number of hydrogen-bond donors (Lipinski definition) is 1. The molecule has 2 aromatic rings. The van der Waals surface area contributed by atoms with Crippen LogP contribution in [0, 0.1) is 13.8 Å². The van der Waals surface area contributed by atoms with E-state index in [9.17, 15) is 13.2 Å². The third-order valence-corrected chi connectivity index (χ3v) is 7.95. The Morgan fingerprint density at radius 3 is 2.27 bits per heavy atom. The molecule has 0 spiro atoms. The largest absolute Gasteiger partial charge is 0.323 e. The minimum Gasteiger partial charge on any atom is -0.323 e. The van der Waals surface area contributed by atoms with Gasteiger partial charge in [0.15, 0.2) is 0 Å². The van der Waals surface area contributed by atoms with Crippen molar-refractivity contribution >= 4 is 44.8 Å². The monoisotopic (exact) mass is 469 g/mol. The van der Waals surface area contributed by atoms with E-state index in [1.807, 2.05) is 24.8 Å². The van der Waals surface area contributed by atoms with E-state index < -0.39 is 16.1 Å². The number of nitrogens with zero attached hydrogens (tertiary/aromatic N) is 2. The first-order valence-electron chi connectivity index (χ1n) is 9.67. The molecule has 0 saturated carbocycles. The zero-order valence-electron chi connectivity index (χ0n) is 17.2. The molecule has 1 heterocycles. The van der Waals surface area contributed by atoms with Gasteiger partial charge in [0.1, 0.15) is 0 Å². The van der Waals surface area contributed by atoms with Gasteiger partial charge in [0.05, 0.1) is 21.6 Å². The van der Waals surface area contributed by atoms with E-state index in [1.54, 1.807) is 37.3 Å². The molecule has 0 aliphatic carbocycles. The maximum atomic E-state index is 13.0. The predicted molar refractivity (Wildman–Crippen MR) is 121 cm³/mol. The number of aryl methyl sites for hydroxylation is 2. The van der Waals surface area contributed by atoms with Gasteiger partial charge in [-0.2, -0.15) is 4.31 Å². The maximum absolute atomic E-state index is 13.0. The lowest BCUT2D eigenvalue weighted by atomic mass is 10.1. The summed E-state index contributed by atoms with van der Waals surface area (Å²) < 4.78 is 27.4. The number of amides is 1. The zero-order valence-corrected chi connectivity index (χ0v) is 19.5. The minimum atomic E-state index is -3.55. The fraction of sp³-hybridized carbons (Fsp3) is 0.381. The van der Waals surface area contributed by atoms with E-state index in [2.05, 4.69) is 5.32 Å². The molecule has 3 rings (SSSR count). The van der Waals surface area contributed by atoms with Crippen LogP contribution in [0.25, 0.3) is 0 Å². The SMILES string of the molecule is Cc1ccc(S(=O)(=O)N2CCN([C@@H](C)C(=O)Nc3ccc(Cl)cc3Cl)CC2)cc1C. The molecule has 30 heavy (non-hydrogen) atoms. The van der Waals surface area contributed by atoms with E-state index in [0.29, 0.717) is 46.8 Å². The number of rotatable bonds is 5. The number of halogens is 2. The second kappa shape index (κ2) is 9.24. The van der Waals surface area contributed by atoms with Gasteiger partial charge in [-0.1, -0.05) is 29.3 Å². The molecule has 1 fully saturated rings. The number of carbonyl (C=O) groups excluding carboxylic acids is 1. The van der Waals surface area contributed by atoms with Gasteiger partial charge in [-0.05, 0) is 62.2 Å². The lowest BCUT2D eigenvalue weighted by Gasteiger charge is -2.36. The van der Waals surface area contributed by atoms with Crippen LogP contribution in [0.1, 0.15) is 18.1 Å². The zero-order chi connectivity index (χ0) is 22.1. The molecule has 9 heteroatoms. The van der Waals surface area contributed by atoms with E-state index in [1.165, 1.54) is 4.31 Å². The van der Waals surface area contributed by atoms with Crippen LogP contribution in [0.2, 0.25) is 10.0 Å². The van der Waals surface area contributed by atoms with Crippen molar-refractivity contribution in [2.24, 2.45) is 0 Å². The molecule has 0 unspecified atom stereocenters. The Morgan fingerprint density at radius 1 is 1.00 bits per heavy atom. The molecule has 0 radical (unpaired) electrons. The van der Waals surface area contributed by atoms with E-state index in [4.69, 9.17) is 23.2 Å². The van der Waals surface area contributed by atoms with Crippen LogP contribution < -0.4 is 5.32 Å². The van der Waals surface area contributed by atoms with E-state index >= 15 is 0 Å². The van der Waals surface area contributed by atoms with Gasteiger partial charge in [-0.15, -0.1) is 0 Å². The summed E-state index contributed by atoms with van der Waals surface area (Å²) in [6, 6.07) is 9.64. The molecular weight excluding hydrogens is 445 g/mol. The third kappa shape index (κ3) is 4.98. The summed E-state index contributed by atoms with van der Waals surface area (Å²) in [4.78, 5) is 14.9. The van der Waals surface area contributed by atoms with Crippen molar-refractivity contribution in [3.05, 3.63) is 57.6 Å². The normalized spacial score (nSPS) is 17.0. The van der Waals surface area contributed by atoms with Crippen molar-refractivity contribution < 1.29 is 13.2 Å². The second-order valence-corrected chi connectivity index (χ2v) is 10.3. The highest BCUT2D eigenvalue weighted by atomic mass is 35.5. The number of anilines is 1. The Kier molecular flexibility index (Phi) is 7.09. The van der Waals surface area contributed by atoms with Crippen molar-refractivity contribution in [2.45, 2.75) is 31.7 Å². The number of hydrogen-bond acceptors (Lipinski definition) is 4. The summed E-state index contributed by atoms with van der Waals surface area (Å²) in [6.45, 7) is 7.24. The van der Waals surface area contributed by atoms with Crippen molar-refractivity contribution in [1.29, 1.82) is 0 Å². The Morgan fingerprint density at radius 2 is 1.67 bits per heavy atom. The maximum Gasteiger partial charge on any atom is 0.243 e. The van der Waals surface area contributed by atoms with Gasteiger partial charge < -0.3 is 5.32 Å². The fourth-order valence-corrected chi connectivity index (χ4v) is 5.31. The molecule has 1 amide bonds. The van der Waals surface area contributed by atoms with Gasteiger partial charge >= 0.3 is 0 Å². The predicted octanol–water partition coefficient (Wildman–Crippen LogP) is 3.94. The first-order chi connectivity index (χ1) is 14.1. The van der Waals surface area contributed by atoms with Crippen molar-refractivity contribution in [3.8, 4) is 0 Å². The standard InChI is InChI=1S/C21H25Cl2N3O3S/c1-14-4-6-18(12-15(14)2)30(28,29)26-10-8-25(9-11-26)16(3)21(27)24-20-7-5-17(22)13-19(20)23/h4-7,12-13,16H,8-11H2,1-3H3,(H,24,27)/t16-/m0/s1. The molecule has 1 atom stereocenters. The van der Waals surface area contributed by atoms with Gasteiger partial charge in [-0.25, -0.2) is 8.42 Å². The van der Waals surface area contributed by atoms with Crippen LogP contribution >= 0.6 is 23.2 Å². The van der Waals surface area contributed by atoms with Crippen LogP contribution in [0.4, 0.5) is 5.69 Å². The summed E-state index contributed by atoms with van der Waals surface area (Å²) in [5.74, 6) is -0.204. The first-order valence-corrected chi connectivity index (χ1v) is 11.9. The topological polar surface area (TPSA) is 69.7 Å². The number of nitrogens with one attached hydrogen (secondary N) is 1. The molecule has 0 bridgehead atoms. The van der Waals surface area contributed by atoms with Crippen LogP contribution in [0.3, 0.4) is 0 Å². The van der Waals surface area contributed by atoms with Crippen LogP contribution in [0.15, 0.2) is 41.3 Å². The summed E-state index contributed by atoms with van der Waals surface area (Å²) >= 11 is 12.0. The molecule has 1 aliphatic heterocycles.